The quantitative estimate of drug-likeness (QED) is 0.383. The van der Waals surface area contributed by atoms with Gasteiger partial charge < -0.3 is 19.8 Å². The zero-order chi connectivity index (χ0) is 10.7. The van der Waals surface area contributed by atoms with Crippen LogP contribution in [0.25, 0.3) is 0 Å². The molecule has 0 spiro atoms. The summed E-state index contributed by atoms with van der Waals surface area (Å²) < 4.78 is 0.0833. The molecule has 6 heteroatoms. The van der Waals surface area contributed by atoms with Gasteiger partial charge in [-0.15, -0.1) is 0 Å². The molecule has 0 rings (SSSR count). The van der Waals surface area contributed by atoms with Crippen LogP contribution >= 0.6 is 0 Å². The summed E-state index contributed by atoms with van der Waals surface area (Å²) in [5.41, 5.74) is 0. The van der Waals surface area contributed by atoms with E-state index in [-0.39, 0.29) is 4.65 Å². The van der Waals surface area contributed by atoms with E-state index >= 15 is 0 Å². The summed E-state index contributed by atoms with van der Waals surface area (Å²) >= 11 is 2.02. The molecule has 0 saturated heterocycles. The molecule has 0 unspecified atom stereocenters. The van der Waals surface area contributed by atoms with Gasteiger partial charge in [-0.2, -0.15) is 0 Å². The van der Waals surface area contributed by atoms with Gasteiger partial charge in [-0.1, -0.05) is 0 Å². The van der Waals surface area contributed by atoms with E-state index in [9.17, 15) is 4.79 Å². The van der Waals surface area contributed by atoms with Crippen molar-refractivity contribution in [1.29, 1.82) is 0 Å². The fourth-order valence-electron chi connectivity index (χ4n) is 0. The number of hydrogen-bond acceptors (Lipinski definition) is 5. The fraction of sp³-hybridized carbons (Fsp3) is 0.500. The number of carboxylic acids is 2. The van der Waals surface area contributed by atoms with Gasteiger partial charge in [0.1, 0.15) is 0 Å². The van der Waals surface area contributed by atoms with Gasteiger partial charge in [-0.25, -0.2) is 0 Å². The van der Waals surface area contributed by atoms with E-state index in [1.54, 1.807) is 0 Å². The van der Waals surface area contributed by atoms with Crippen molar-refractivity contribution < 1.29 is 24.6 Å². The predicted molar refractivity (Wildman–Crippen MR) is 37.8 cm³/mol. The van der Waals surface area contributed by atoms with Crippen LogP contribution in [0.3, 0.4) is 0 Å². The molecule has 0 radical (unpaired) electrons. The number of carboxylic acid groups (broad SMARTS) is 2. The van der Waals surface area contributed by atoms with Crippen molar-refractivity contribution in [2.45, 2.75) is 20.8 Å². The second-order valence-electron chi connectivity index (χ2n) is 1.59. The minimum atomic E-state index is -1.08. The molecule has 5 nitrogen and oxygen atoms in total. The van der Waals surface area contributed by atoms with Gasteiger partial charge in [-0.3, -0.25) is 0 Å². The van der Waals surface area contributed by atoms with E-state index < -0.39 is 11.9 Å². The molecule has 0 atom stereocenters. The summed E-state index contributed by atoms with van der Waals surface area (Å²) in [6, 6.07) is 0. The summed E-state index contributed by atoms with van der Waals surface area (Å²) in [5.74, 6) is -2.17. The molecule has 66 valence electrons. The van der Waals surface area contributed by atoms with Crippen LogP contribution < -0.4 is 10.2 Å². The molecular weight excluding hydrogens is 179 g/mol. The van der Waals surface area contributed by atoms with Crippen LogP contribution in [0.2, 0.25) is 0 Å². The first kappa shape index (κ1) is 17.3. The maximum atomic E-state index is 9.41. The van der Waals surface area contributed by atoms with Crippen molar-refractivity contribution in [1.82, 2.24) is 0 Å². The van der Waals surface area contributed by atoms with Gasteiger partial charge in [0.2, 0.25) is 0 Å². The Morgan fingerprint density at radius 1 is 0.917 bits per heavy atom. The van der Waals surface area contributed by atoms with E-state index in [2.05, 4.69) is 0 Å². The predicted octanol–water partition coefficient (Wildman–Crippen LogP) is -2.79. The zero-order valence-corrected chi connectivity index (χ0v) is 8.27. The number of carbonyl (C=O) groups excluding carboxylic acids is 3. The Bertz CT molecular complexity index is 113. The van der Waals surface area contributed by atoms with Crippen LogP contribution in [0.15, 0.2) is 0 Å². The Hall–Kier alpha value is -0.858. The Kier molecular flexibility index (Phi) is 18.4. The number of hydrogen-bond donors (Lipinski definition) is 0. The van der Waals surface area contributed by atoms with Crippen molar-refractivity contribution >= 4 is 32.9 Å². The monoisotopic (exact) mass is 188 g/mol. The third kappa shape index (κ3) is 824. The van der Waals surface area contributed by atoms with Gasteiger partial charge in [0.15, 0.2) is 0 Å². The molecule has 0 aliphatic heterocycles. The summed E-state index contributed by atoms with van der Waals surface area (Å²) in [6.45, 7) is 3.44. The molecule has 0 aromatic rings. The first-order valence-corrected chi connectivity index (χ1v) is 3.39. The van der Waals surface area contributed by atoms with E-state index in [0.717, 1.165) is 13.8 Å². The van der Waals surface area contributed by atoms with Crippen molar-refractivity contribution in [2.75, 3.05) is 0 Å². The summed E-state index contributed by atoms with van der Waals surface area (Å²) in [6.07, 6.45) is 0. The van der Waals surface area contributed by atoms with Crippen LogP contribution in [0.5, 0.6) is 0 Å². The standard InChI is InChI=1S/2C2H4O2.C2H3O.Al/c2*1-2(3)4;1-2-3;/h2*1H3,(H,3,4);1H3;/q;;;+2/p-2. The molecule has 0 bridgehead atoms. The van der Waals surface area contributed by atoms with Crippen LogP contribution in [0, 0.1) is 0 Å². The normalized spacial score (nSPS) is 6.42. The van der Waals surface area contributed by atoms with Crippen LogP contribution in [0.4, 0.5) is 0 Å². The molecule has 0 fully saturated rings. The maximum absolute atomic E-state index is 9.41. The third-order valence-electron chi connectivity index (χ3n) is 0. The molecule has 0 heterocycles. The van der Waals surface area contributed by atoms with Gasteiger partial charge >= 0.3 is 32.7 Å². The zero-order valence-electron chi connectivity index (χ0n) is 7.12. The van der Waals surface area contributed by atoms with Gasteiger partial charge in [0.25, 0.3) is 0 Å². The molecule has 0 saturated carbocycles. The van der Waals surface area contributed by atoms with E-state index in [1.165, 1.54) is 6.92 Å². The second-order valence-corrected chi connectivity index (χ2v) is 2.41. The summed E-state index contributed by atoms with van der Waals surface area (Å²) in [4.78, 5) is 27.2. The van der Waals surface area contributed by atoms with Crippen LogP contribution in [-0.4, -0.2) is 32.9 Å². The van der Waals surface area contributed by atoms with Gasteiger partial charge in [0, 0.05) is 11.9 Å². The Morgan fingerprint density at radius 3 is 0.917 bits per heavy atom. The van der Waals surface area contributed by atoms with Crippen LogP contribution in [0.1, 0.15) is 20.8 Å². The molecule has 0 aliphatic rings. The number of rotatable bonds is 0. The summed E-state index contributed by atoms with van der Waals surface area (Å²) in [7, 11) is 0. The van der Waals surface area contributed by atoms with Crippen molar-refractivity contribution in [2.24, 2.45) is 0 Å². The molecule has 0 N–H and O–H groups in total. The molecule has 0 aromatic heterocycles. The average molecular weight is 188 g/mol. The minimum absolute atomic E-state index is 0.0833. The Balaban J connectivity index is -0.000000101. The van der Waals surface area contributed by atoms with Crippen molar-refractivity contribution in [3.8, 4) is 0 Å². The average Bonchev–Trinajstić information content (AvgIpc) is 1.54. The molecule has 0 aliphatic carbocycles. The molecule has 0 aromatic carbocycles. The van der Waals surface area contributed by atoms with Gasteiger partial charge in [-0.05, 0) is 13.8 Å². The number of carbonyl (C=O) groups is 3. The molecular formula is C6H9AlO5. The topological polar surface area (TPSA) is 97.3 Å². The Morgan fingerprint density at radius 2 is 0.917 bits per heavy atom. The molecule has 0 amide bonds. The SMILES string of the molecule is CC(=O)[O-].CC(=O)[O-].C[C](=O)[Al+2]. The van der Waals surface area contributed by atoms with E-state index in [1.807, 2.05) is 16.3 Å². The summed E-state index contributed by atoms with van der Waals surface area (Å²) in [5, 5.41) is 17.8. The first-order valence-electron chi connectivity index (χ1n) is 2.81. The first-order chi connectivity index (χ1) is 5.20. The second kappa shape index (κ2) is 12.8. The van der Waals surface area contributed by atoms with E-state index in [4.69, 9.17) is 19.8 Å². The Labute approximate surface area is 78.8 Å². The molecule has 12 heavy (non-hydrogen) atoms. The third-order valence-corrected chi connectivity index (χ3v) is 0. The van der Waals surface area contributed by atoms with Crippen molar-refractivity contribution in [3.05, 3.63) is 0 Å². The van der Waals surface area contributed by atoms with Crippen LogP contribution in [-0.2, 0) is 14.4 Å². The van der Waals surface area contributed by atoms with E-state index in [0.29, 0.717) is 0 Å². The number of aliphatic carboxylic acids is 2. The van der Waals surface area contributed by atoms with Crippen molar-refractivity contribution in [3.63, 3.8) is 0 Å². The fourth-order valence-corrected chi connectivity index (χ4v) is 0. The van der Waals surface area contributed by atoms with Gasteiger partial charge in [0.05, 0.1) is 0 Å².